The van der Waals surface area contributed by atoms with Crippen molar-refractivity contribution in [3.05, 3.63) is 23.2 Å². The lowest BCUT2D eigenvalue weighted by molar-refractivity contribution is 0.0599. The van der Waals surface area contributed by atoms with Gasteiger partial charge in [-0.3, -0.25) is 4.99 Å². The number of nitrogens with one attached hydrogen (secondary N) is 1. The number of hydrogen-bond acceptors (Lipinski definition) is 4. The Kier molecular flexibility index (Phi) is 7.87. The highest BCUT2D eigenvalue weighted by Crippen LogP contribution is 2.17. The molecular formula is C16H26IN3O3. The number of rotatable bonds is 3. The van der Waals surface area contributed by atoms with Gasteiger partial charge in [-0.2, -0.15) is 0 Å². The Hall–Kier alpha value is -1.25. The van der Waals surface area contributed by atoms with E-state index in [9.17, 15) is 4.79 Å². The number of halogens is 1. The number of carbonyl (C=O) groups is 1. The third kappa shape index (κ3) is 5.12. The fourth-order valence-electron chi connectivity index (χ4n) is 2.66. The molecule has 130 valence electrons. The summed E-state index contributed by atoms with van der Waals surface area (Å²) in [5, 5.41) is 3.30. The van der Waals surface area contributed by atoms with Crippen LogP contribution in [0.2, 0.25) is 0 Å². The van der Waals surface area contributed by atoms with Gasteiger partial charge in [0.15, 0.2) is 5.96 Å². The Labute approximate surface area is 154 Å². The van der Waals surface area contributed by atoms with Gasteiger partial charge in [-0.25, -0.2) is 4.79 Å². The highest BCUT2D eigenvalue weighted by molar-refractivity contribution is 14.0. The summed E-state index contributed by atoms with van der Waals surface area (Å²) < 4.78 is 10.3. The second kappa shape index (κ2) is 9.14. The molecule has 0 bridgehead atoms. The number of hydrogen-bond donors (Lipinski definition) is 1. The van der Waals surface area contributed by atoms with E-state index < -0.39 is 0 Å². The van der Waals surface area contributed by atoms with Crippen molar-refractivity contribution in [3.63, 3.8) is 0 Å². The third-order valence-corrected chi connectivity index (χ3v) is 4.09. The molecule has 0 spiro atoms. The van der Waals surface area contributed by atoms with Crippen molar-refractivity contribution in [2.45, 2.75) is 33.2 Å². The summed E-state index contributed by atoms with van der Waals surface area (Å²) in [6.45, 7) is 6.58. The van der Waals surface area contributed by atoms with Crippen LogP contribution >= 0.6 is 24.0 Å². The van der Waals surface area contributed by atoms with Gasteiger partial charge in [0.1, 0.15) is 17.1 Å². The summed E-state index contributed by atoms with van der Waals surface area (Å²) in [5.74, 6) is 2.56. The van der Waals surface area contributed by atoms with Crippen LogP contribution in [0.3, 0.4) is 0 Å². The molecule has 1 aromatic rings. The maximum Gasteiger partial charge on any atom is 0.341 e. The van der Waals surface area contributed by atoms with E-state index in [1.165, 1.54) is 20.0 Å². The van der Waals surface area contributed by atoms with Gasteiger partial charge in [0, 0.05) is 20.1 Å². The Bertz CT molecular complexity index is 549. The molecule has 2 rings (SSSR count). The van der Waals surface area contributed by atoms with Crippen LogP contribution in [0.1, 0.15) is 41.6 Å². The van der Waals surface area contributed by atoms with Crippen molar-refractivity contribution in [2.24, 2.45) is 10.9 Å². The zero-order chi connectivity index (χ0) is 16.1. The van der Waals surface area contributed by atoms with Gasteiger partial charge in [0.25, 0.3) is 0 Å². The van der Waals surface area contributed by atoms with Crippen molar-refractivity contribution in [2.75, 3.05) is 27.2 Å². The Morgan fingerprint density at radius 3 is 2.70 bits per heavy atom. The normalized spacial score (nSPS) is 16.0. The molecule has 1 saturated heterocycles. The van der Waals surface area contributed by atoms with E-state index in [0.29, 0.717) is 23.6 Å². The van der Waals surface area contributed by atoms with Crippen molar-refractivity contribution in [3.8, 4) is 0 Å². The molecule has 1 fully saturated rings. The number of nitrogens with zero attached hydrogens (tertiary/aromatic N) is 2. The van der Waals surface area contributed by atoms with Crippen molar-refractivity contribution in [1.82, 2.24) is 10.2 Å². The molecular weight excluding hydrogens is 409 g/mol. The maximum absolute atomic E-state index is 11.6. The van der Waals surface area contributed by atoms with Crippen LogP contribution < -0.4 is 5.32 Å². The number of aliphatic imine (C=N–C) groups is 1. The highest BCUT2D eigenvalue weighted by Gasteiger charge is 2.19. The highest BCUT2D eigenvalue weighted by atomic mass is 127. The first-order chi connectivity index (χ1) is 10.5. The Morgan fingerprint density at radius 1 is 1.48 bits per heavy atom. The first-order valence-electron chi connectivity index (χ1n) is 7.68. The molecule has 0 amide bonds. The minimum absolute atomic E-state index is 0. The molecule has 23 heavy (non-hydrogen) atoms. The zero-order valence-corrected chi connectivity index (χ0v) is 16.5. The van der Waals surface area contributed by atoms with E-state index in [1.54, 1.807) is 20.0 Å². The van der Waals surface area contributed by atoms with E-state index in [1.807, 2.05) is 0 Å². The standard InChI is InChI=1S/C16H25N3O3.HI/c1-11-5-7-19(8-6-11)16(17-3)18-10-13-9-14(12(2)22-13)15(20)21-4;/h9,11H,5-8,10H2,1-4H3,(H,17,18);1H. The molecule has 2 heterocycles. The molecule has 7 heteroatoms. The van der Waals surface area contributed by atoms with Gasteiger partial charge in [0.05, 0.1) is 13.7 Å². The summed E-state index contributed by atoms with van der Waals surface area (Å²) in [6.07, 6.45) is 2.38. The number of ether oxygens (including phenoxy) is 1. The number of furan rings is 1. The van der Waals surface area contributed by atoms with E-state index in [0.717, 1.165) is 25.0 Å². The summed E-state index contributed by atoms with van der Waals surface area (Å²) in [4.78, 5) is 18.2. The summed E-state index contributed by atoms with van der Waals surface area (Å²) in [6, 6.07) is 1.72. The van der Waals surface area contributed by atoms with Crippen LogP contribution in [0.4, 0.5) is 0 Å². The first-order valence-corrected chi connectivity index (χ1v) is 7.68. The van der Waals surface area contributed by atoms with E-state index in [4.69, 9.17) is 9.15 Å². The molecule has 0 aromatic carbocycles. The molecule has 0 atom stereocenters. The van der Waals surface area contributed by atoms with Gasteiger partial charge in [-0.1, -0.05) is 6.92 Å². The minimum Gasteiger partial charge on any atom is -0.465 e. The van der Waals surface area contributed by atoms with Gasteiger partial charge in [0.2, 0.25) is 0 Å². The van der Waals surface area contributed by atoms with Crippen LogP contribution in [-0.4, -0.2) is 44.1 Å². The number of carbonyl (C=O) groups excluding carboxylic acids is 1. The number of likely N-dealkylation sites (tertiary alicyclic amines) is 1. The average Bonchev–Trinajstić information content (AvgIpc) is 2.89. The van der Waals surface area contributed by atoms with Gasteiger partial charge in [-0.05, 0) is 31.7 Å². The van der Waals surface area contributed by atoms with E-state index >= 15 is 0 Å². The van der Waals surface area contributed by atoms with Gasteiger partial charge >= 0.3 is 5.97 Å². The van der Waals surface area contributed by atoms with Gasteiger partial charge in [-0.15, -0.1) is 24.0 Å². The fraction of sp³-hybridized carbons (Fsp3) is 0.625. The maximum atomic E-state index is 11.6. The second-order valence-corrected chi connectivity index (χ2v) is 5.74. The first kappa shape index (κ1) is 19.8. The molecule has 1 N–H and O–H groups in total. The molecule has 0 unspecified atom stereocenters. The van der Waals surface area contributed by atoms with E-state index in [2.05, 4.69) is 22.1 Å². The van der Waals surface area contributed by atoms with Crippen LogP contribution in [0.15, 0.2) is 15.5 Å². The predicted octanol–water partition coefficient (Wildman–Crippen LogP) is 2.80. The Balaban J connectivity index is 0.00000264. The molecule has 0 saturated carbocycles. The van der Waals surface area contributed by atoms with Crippen molar-refractivity contribution in [1.29, 1.82) is 0 Å². The van der Waals surface area contributed by atoms with Crippen LogP contribution in [-0.2, 0) is 11.3 Å². The topological polar surface area (TPSA) is 67.1 Å². The number of methoxy groups -OCH3 is 1. The van der Waals surface area contributed by atoms with Crippen molar-refractivity contribution >= 4 is 35.9 Å². The number of aryl methyl sites for hydroxylation is 1. The summed E-state index contributed by atoms with van der Waals surface area (Å²) >= 11 is 0. The quantitative estimate of drug-likeness (QED) is 0.342. The molecule has 1 aromatic heterocycles. The lowest BCUT2D eigenvalue weighted by atomic mass is 10.00. The lowest BCUT2D eigenvalue weighted by Gasteiger charge is -2.32. The van der Waals surface area contributed by atoms with Crippen LogP contribution in [0.5, 0.6) is 0 Å². The smallest absolute Gasteiger partial charge is 0.341 e. The number of piperidine rings is 1. The molecule has 6 nitrogen and oxygen atoms in total. The van der Waals surface area contributed by atoms with Crippen LogP contribution in [0, 0.1) is 12.8 Å². The van der Waals surface area contributed by atoms with Gasteiger partial charge < -0.3 is 19.4 Å². The van der Waals surface area contributed by atoms with Crippen LogP contribution in [0.25, 0.3) is 0 Å². The third-order valence-electron chi connectivity index (χ3n) is 4.09. The van der Waals surface area contributed by atoms with Crippen molar-refractivity contribution < 1.29 is 13.9 Å². The fourth-order valence-corrected chi connectivity index (χ4v) is 2.66. The molecule has 1 aliphatic rings. The monoisotopic (exact) mass is 435 g/mol. The molecule has 1 aliphatic heterocycles. The number of esters is 1. The Morgan fingerprint density at radius 2 is 2.13 bits per heavy atom. The summed E-state index contributed by atoms with van der Waals surface area (Å²) in [7, 11) is 3.15. The lowest BCUT2D eigenvalue weighted by Crippen LogP contribution is -2.45. The average molecular weight is 435 g/mol. The molecule has 0 aliphatic carbocycles. The SMILES string of the molecule is CN=C(NCc1cc(C(=O)OC)c(C)o1)N1CCC(C)CC1.I. The van der Waals surface area contributed by atoms with E-state index in [-0.39, 0.29) is 29.9 Å². The number of guanidine groups is 1. The second-order valence-electron chi connectivity index (χ2n) is 5.74. The molecule has 0 radical (unpaired) electrons. The minimum atomic E-state index is -0.373. The zero-order valence-electron chi connectivity index (χ0n) is 14.2. The summed E-state index contributed by atoms with van der Waals surface area (Å²) in [5.41, 5.74) is 0.473. The predicted molar refractivity (Wildman–Crippen MR) is 100 cm³/mol. The largest absolute Gasteiger partial charge is 0.465 e.